The van der Waals surface area contributed by atoms with E-state index in [4.69, 9.17) is 19.1 Å². The van der Waals surface area contributed by atoms with Crippen molar-refractivity contribution in [3.63, 3.8) is 0 Å². The van der Waals surface area contributed by atoms with Crippen LogP contribution in [0.5, 0.6) is 0 Å². The van der Waals surface area contributed by atoms with Crippen LogP contribution in [0.15, 0.2) is 41.1 Å². The minimum atomic E-state index is -5.08. The molecule has 2 fully saturated rings. The van der Waals surface area contributed by atoms with Crippen LogP contribution in [0, 0.1) is 6.92 Å². The van der Waals surface area contributed by atoms with Crippen LogP contribution in [-0.2, 0) is 20.9 Å². The molecule has 32 heavy (non-hydrogen) atoms. The number of amides is 2. The number of hydrogen-bond acceptors (Lipinski definition) is 6. The van der Waals surface area contributed by atoms with Gasteiger partial charge in [-0.3, -0.25) is 14.6 Å². The van der Waals surface area contributed by atoms with Crippen molar-refractivity contribution >= 4 is 17.8 Å². The third-order valence-corrected chi connectivity index (χ3v) is 4.94. The molecule has 0 spiro atoms. The minimum absolute atomic E-state index is 0.0450. The molecule has 4 heterocycles. The number of aliphatic carboxylic acids is 1. The molecule has 0 saturated carbocycles. The van der Waals surface area contributed by atoms with Crippen molar-refractivity contribution in [2.45, 2.75) is 31.8 Å². The summed E-state index contributed by atoms with van der Waals surface area (Å²) in [6.07, 6.45) is -1.80. The maximum absolute atomic E-state index is 12.6. The minimum Gasteiger partial charge on any atom is -0.475 e. The topological polar surface area (TPSA) is 113 Å². The Balaban J connectivity index is 0.000000360. The van der Waals surface area contributed by atoms with Crippen LogP contribution in [0.1, 0.15) is 21.9 Å². The van der Waals surface area contributed by atoms with Gasteiger partial charge in [-0.1, -0.05) is 6.07 Å². The largest absolute Gasteiger partial charge is 0.490 e. The Bertz CT molecular complexity index is 978. The van der Waals surface area contributed by atoms with Gasteiger partial charge in [-0.2, -0.15) is 13.2 Å². The number of carboxylic acids is 1. The number of alkyl halides is 3. The summed E-state index contributed by atoms with van der Waals surface area (Å²) in [4.78, 5) is 41.5. The highest BCUT2D eigenvalue weighted by Gasteiger charge is 2.45. The van der Waals surface area contributed by atoms with Gasteiger partial charge in [0.15, 0.2) is 5.76 Å². The summed E-state index contributed by atoms with van der Waals surface area (Å²) in [7, 11) is 0. The average molecular weight is 455 g/mol. The molecule has 0 aliphatic carbocycles. The molecule has 172 valence electrons. The van der Waals surface area contributed by atoms with Gasteiger partial charge in [-0.05, 0) is 30.7 Å². The molecule has 2 aromatic heterocycles. The number of morpholine rings is 1. The monoisotopic (exact) mass is 455 g/mol. The molecule has 2 saturated heterocycles. The first-order valence-electron chi connectivity index (χ1n) is 9.52. The fraction of sp³-hybridized carbons (Fsp3) is 0.400. The maximum Gasteiger partial charge on any atom is 0.490 e. The van der Waals surface area contributed by atoms with E-state index in [1.807, 2.05) is 12.1 Å². The summed E-state index contributed by atoms with van der Waals surface area (Å²) in [6.45, 7) is 3.22. The van der Waals surface area contributed by atoms with Crippen LogP contribution in [0.4, 0.5) is 13.2 Å². The van der Waals surface area contributed by atoms with Gasteiger partial charge in [-0.15, -0.1) is 0 Å². The molecule has 0 bridgehead atoms. The Morgan fingerprint density at radius 2 is 1.97 bits per heavy atom. The highest BCUT2D eigenvalue weighted by Crippen LogP contribution is 2.26. The predicted molar refractivity (Wildman–Crippen MR) is 101 cm³/mol. The molecule has 0 unspecified atom stereocenters. The second-order valence-corrected chi connectivity index (χ2v) is 7.22. The number of furan rings is 1. The first-order chi connectivity index (χ1) is 15.1. The van der Waals surface area contributed by atoms with E-state index in [1.54, 1.807) is 41.2 Å². The second kappa shape index (κ2) is 9.39. The van der Waals surface area contributed by atoms with Crippen molar-refractivity contribution in [1.29, 1.82) is 0 Å². The lowest BCUT2D eigenvalue weighted by Gasteiger charge is -2.36. The maximum atomic E-state index is 12.6. The van der Waals surface area contributed by atoms with E-state index in [0.29, 0.717) is 31.2 Å². The number of carbonyl (C=O) groups is 3. The Labute approximate surface area is 180 Å². The molecule has 0 radical (unpaired) electrons. The Hall–Kier alpha value is -3.41. The standard InChI is InChI=1S/C18H19N3O4.C2HF3O2/c1-12-4-5-15(25-12)18(23)20-9-14-16(10-20)24-11-17(22)21(14)8-13-3-2-6-19-7-13;3-2(4,5)1(6)7/h2-7,14,16H,8-11H2,1H3;(H,6,7)/t14-,16-;/m1./s1. The van der Waals surface area contributed by atoms with Crippen LogP contribution >= 0.6 is 0 Å². The van der Waals surface area contributed by atoms with Crippen LogP contribution in [0.2, 0.25) is 0 Å². The number of carboxylic acid groups (broad SMARTS) is 1. The van der Waals surface area contributed by atoms with Gasteiger partial charge >= 0.3 is 12.1 Å². The Morgan fingerprint density at radius 1 is 1.25 bits per heavy atom. The van der Waals surface area contributed by atoms with Gasteiger partial charge in [0.05, 0.1) is 12.1 Å². The normalized spacial score (nSPS) is 20.4. The number of pyridine rings is 1. The highest BCUT2D eigenvalue weighted by molar-refractivity contribution is 5.92. The van der Waals surface area contributed by atoms with E-state index >= 15 is 0 Å². The number of aryl methyl sites for hydroxylation is 1. The number of fused-ring (bicyclic) bond motifs is 1. The molecule has 4 rings (SSSR count). The second-order valence-electron chi connectivity index (χ2n) is 7.22. The SMILES string of the molecule is Cc1ccc(C(=O)N2C[C@@H]3[C@@H](C2)OCC(=O)N3Cc2cccnc2)o1.O=C(O)C(F)(F)F. The highest BCUT2D eigenvalue weighted by atomic mass is 19.4. The van der Waals surface area contributed by atoms with Gasteiger partial charge in [0.25, 0.3) is 5.91 Å². The molecule has 2 aromatic rings. The van der Waals surface area contributed by atoms with Gasteiger partial charge < -0.3 is 24.1 Å². The van der Waals surface area contributed by atoms with Gasteiger partial charge in [0.2, 0.25) is 5.91 Å². The Kier molecular flexibility index (Phi) is 6.82. The van der Waals surface area contributed by atoms with Crippen molar-refractivity contribution in [2.75, 3.05) is 19.7 Å². The van der Waals surface area contributed by atoms with E-state index in [1.165, 1.54) is 0 Å². The number of rotatable bonds is 3. The smallest absolute Gasteiger partial charge is 0.475 e. The lowest BCUT2D eigenvalue weighted by Crippen LogP contribution is -2.53. The van der Waals surface area contributed by atoms with E-state index in [0.717, 1.165) is 5.56 Å². The van der Waals surface area contributed by atoms with Crippen molar-refractivity contribution in [2.24, 2.45) is 0 Å². The summed E-state index contributed by atoms with van der Waals surface area (Å²) >= 11 is 0. The molecule has 0 aromatic carbocycles. The van der Waals surface area contributed by atoms with Crippen LogP contribution in [0.25, 0.3) is 0 Å². The average Bonchev–Trinajstić information content (AvgIpc) is 3.37. The number of likely N-dealkylation sites (tertiary alicyclic amines) is 1. The molecule has 2 aliphatic rings. The molecule has 1 N–H and O–H groups in total. The first kappa shape index (κ1) is 23.3. The molecular formula is C20H20F3N3O6. The van der Waals surface area contributed by atoms with Crippen molar-refractivity contribution in [3.05, 3.63) is 53.7 Å². The summed E-state index contributed by atoms with van der Waals surface area (Å²) in [5.41, 5.74) is 0.961. The zero-order valence-electron chi connectivity index (χ0n) is 16.9. The van der Waals surface area contributed by atoms with Crippen molar-refractivity contribution in [1.82, 2.24) is 14.8 Å². The number of carbonyl (C=O) groups excluding carboxylic acids is 2. The van der Waals surface area contributed by atoms with Crippen molar-refractivity contribution in [3.8, 4) is 0 Å². The zero-order chi connectivity index (χ0) is 23.5. The summed E-state index contributed by atoms with van der Waals surface area (Å²) in [6, 6.07) is 7.08. The van der Waals surface area contributed by atoms with E-state index in [2.05, 4.69) is 4.98 Å². The third kappa shape index (κ3) is 5.44. The lowest BCUT2D eigenvalue weighted by molar-refractivity contribution is -0.192. The fourth-order valence-electron chi connectivity index (χ4n) is 3.43. The first-order valence-corrected chi connectivity index (χ1v) is 9.52. The molecule has 2 amide bonds. The Morgan fingerprint density at radius 3 is 2.53 bits per heavy atom. The van der Waals surface area contributed by atoms with Crippen LogP contribution in [-0.4, -0.2) is 75.7 Å². The molecule has 12 heteroatoms. The van der Waals surface area contributed by atoms with E-state index in [9.17, 15) is 22.8 Å². The number of nitrogens with zero attached hydrogens (tertiary/aromatic N) is 3. The van der Waals surface area contributed by atoms with Gasteiger partial charge in [0.1, 0.15) is 12.4 Å². The van der Waals surface area contributed by atoms with Crippen LogP contribution in [0.3, 0.4) is 0 Å². The predicted octanol–water partition coefficient (Wildman–Crippen LogP) is 1.87. The quantitative estimate of drug-likeness (QED) is 0.752. The summed E-state index contributed by atoms with van der Waals surface area (Å²) in [5, 5.41) is 7.12. The number of hydrogen-bond donors (Lipinski definition) is 1. The summed E-state index contributed by atoms with van der Waals surface area (Å²) in [5.74, 6) is -1.97. The van der Waals surface area contributed by atoms with Gasteiger partial charge in [-0.25, -0.2) is 4.79 Å². The van der Waals surface area contributed by atoms with Crippen LogP contribution < -0.4 is 0 Å². The third-order valence-electron chi connectivity index (χ3n) is 4.94. The fourth-order valence-corrected chi connectivity index (χ4v) is 3.43. The number of ether oxygens (including phenoxy) is 1. The van der Waals surface area contributed by atoms with E-state index < -0.39 is 12.1 Å². The molecular weight excluding hydrogens is 435 g/mol. The van der Waals surface area contributed by atoms with Crippen molar-refractivity contribution < 1.29 is 41.8 Å². The molecule has 2 aliphatic heterocycles. The molecule has 9 nitrogen and oxygen atoms in total. The number of aromatic nitrogens is 1. The number of halogens is 3. The lowest BCUT2D eigenvalue weighted by atomic mass is 10.1. The van der Waals surface area contributed by atoms with Gasteiger partial charge in [0, 0.05) is 32.0 Å². The summed E-state index contributed by atoms with van der Waals surface area (Å²) < 4.78 is 42.8. The zero-order valence-corrected chi connectivity index (χ0v) is 16.9. The van der Waals surface area contributed by atoms with E-state index in [-0.39, 0.29) is 30.6 Å². The molecule has 2 atom stereocenters.